The molecule has 1 N–H and O–H groups in total. The highest BCUT2D eigenvalue weighted by Gasteiger charge is 2.34. The van der Waals surface area contributed by atoms with E-state index in [2.05, 4.69) is 0 Å². The van der Waals surface area contributed by atoms with Crippen LogP contribution >= 0.6 is 0 Å². The number of halogens is 1. The maximum Gasteiger partial charge on any atom is 0.293 e. The first-order chi connectivity index (χ1) is 13.1. The summed E-state index contributed by atoms with van der Waals surface area (Å²) in [5.74, 6) is -2.00. The molecule has 0 atom stereocenters. The van der Waals surface area contributed by atoms with Gasteiger partial charge in [-0.05, 0) is 30.5 Å². The number of hydrogen-bond donors (Lipinski definition) is 1. The Morgan fingerprint density at radius 2 is 1.96 bits per heavy atom. The minimum absolute atomic E-state index is 0.0946. The third-order valence-electron chi connectivity index (χ3n) is 5.02. The van der Waals surface area contributed by atoms with Crippen molar-refractivity contribution in [1.29, 1.82) is 0 Å². The van der Waals surface area contributed by atoms with Gasteiger partial charge < -0.3 is 19.5 Å². The summed E-state index contributed by atoms with van der Waals surface area (Å²) in [5.41, 5.74) is 0.611. The number of nitrogens with zero attached hydrogens (tertiary/aromatic N) is 3. The molecule has 2 amide bonds. The van der Waals surface area contributed by atoms with Crippen LogP contribution in [0.1, 0.15) is 37.5 Å². The van der Waals surface area contributed by atoms with E-state index in [0.717, 1.165) is 4.57 Å². The van der Waals surface area contributed by atoms with Crippen molar-refractivity contribution in [1.82, 2.24) is 14.4 Å². The van der Waals surface area contributed by atoms with Crippen LogP contribution in [0.3, 0.4) is 0 Å². The van der Waals surface area contributed by atoms with E-state index in [4.69, 9.17) is 0 Å². The van der Waals surface area contributed by atoms with Crippen LogP contribution < -0.4 is 5.56 Å². The van der Waals surface area contributed by atoms with Crippen molar-refractivity contribution in [3.63, 3.8) is 0 Å². The average Bonchev–Trinajstić information content (AvgIpc) is 2.64. The normalized spacial score (nSPS) is 13.5. The van der Waals surface area contributed by atoms with Crippen molar-refractivity contribution in [2.45, 2.75) is 19.9 Å². The predicted molar refractivity (Wildman–Crippen MR) is 101 cm³/mol. The number of pyridine rings is 1. The first kappa shape index (κ1) is 19.6. The summed E-state index contributed by atoms with van der Waals surface area (Å²) in [5, 5.41) is 10.3. The van der Waals surface area contributed by atoms with Gasteiger partial charge in [0.1, 0.15) is 11.5 Å². The fourth-order valence-corrected chi connectivity index (χ4v) is 3.40. The minimum Gasteiger partial charge on any atom is -0.502 e. The van der Waals surface area contributed by atoms with E-state index in [1.807, 2.05) is 0 Å². The van der Waals surface area contributed by atoms with Gasteiger partial charge >= 0.3 is 0 Å². The lowest BCUT2D eigenvalue weighted by Crippen LogP contribution is -2.42. The first-order valence-corrected chi connectivity index (χ1v) is 8.84. The molecule has 2 aromatic rings. The number of aryl methyl sites for hydroxylation is 1. The summed E-state index contributed by atoms with van der Waals surface area (Å²) in [6.07, 6.45) is 0.298. The molecule has 148 valence electrons. The van der Waals surface area contributed by atoms with Crippen LogP contribution in [0.4, 0.5) is 4.39 Å². The van der Waals surface area contributed by atoms with E-state index >= 15 is 0 Å². The maximum absolute atomic E-state index is 13.8. The standard InChI is InChI=1S/C20H22FN3O4/c1-11-5-6-12(9-14(11)21)10-24-8-7-13-15(18(24)26)17(25)20(28)23(4)16(13)19(27)22(2)3/h5-6,9,25H,7-8,10H2,1-4H3. The van der Waals surface area contributed by atoms with Gasteiger partial charge in [0, 0.05) is 39.8 Å². The van der Waals surface area contributed by atoms with E-state index < -0.39 is 23.1 Å². The van der Waals surface area contributed by atoms with Gasteiger partial charge in [-0.2, -0.15) is 0 Å². The lowest BCUT2D eigenvalue weighted by Gasteiger charge is -2.31. The highest BCUT2D eigenvalue weighted by Crippen LogP contribution is 2.29. The van der Waals surface area contributed by atoms with Crippen LogP contribution in [0.15, 0.2) is 23.0 Å². The minimum atomic E-state index is -0.805. The Hall–Kier alpha value is -3.16. The van der Waals surface area contributed by atoms with E-state index in [-0.39, 0.29) is 30.2 Å². The third-order valence-corrected chi connectivity index (χ3v) is 5.02. The summed E-state index contributed by atoms with van der Waals surface area (Å²) < 4.78 is 14.9. The second-order valence-corrected chi connectivity index (χ2v) is 7.17. The highest BCUT2D eigenvalue weighted by atomic mass is 19.1. The van der Waals surface area contributed by atoms with E-state index in [1.165, 1.54) is 22.9 Å². The van der Waals surface area contributed by atoms with Gasteiger partial charge in [0.15, 0.2) is 5.75 Å². The molecule has 1 aliphatic rings. The summed E-state index contributed by atoms with van der Waals surface area (Å²) in [7, 11) is 4.49. The maximum atomic E-state index is 13.8. The molecule has 0 spiro atoms. The Balaban J connectivity index is 2.05. The van der Waals surface area contributed by atoms with E-state index in [1.54, 1.807) is 33.2 Å². The topological polar surface area (TPSA) is 82.8 Å². The van der Waals surface area contributed by atoms with Crippen molar-refractivity contribution in [2.75, 3.05) is 20.6 Å². The van der Waals surface area contributed by atoms with Crippen LogP contribution in [0.5, 0.6) is 5.75 Å². The number of hydrogen-bond acceptors (Lipinski definition) is 4. The largest absolute Gasteiger partial charge is 0.502 e. The van der Waals surface area contributed by atoms with Gasteiger partial charge in [-0.15, -0.1) is 0 Å². The Kier molecular flexibility index (Phi) is 4.97. The molecule has 0 saturated heterocycles. The van der Waals surface area contributed by atoms with Crippen LogP contribution in [0.25, 0.3) is 0 Å². The van der Waals surface area contributed by atoms with Crippen molar-refractivity contribution >= 4 is 11.8 Å². The first-order valence-electron chi connectivity index (χ1n) is 8.84. The fourth-order valence-electron chi connectivity index (χ4n) is 3.40. The van der Waals surface area contributed by atoms with Crippen molar-refractivity contribution in [3.8, 4) is 5.75 Å². The van der Waals surface area contributed by atoms with Gasteiger partial charge in [-0.25, -0.2) is 4.39 Å². The molecule has 0 unspecified atom stereocenters. The molecule has 1 aliphatic heterocycles. The predicted octanol–water partition coefficient (Wildman–Crippen LogP) is 1.44. The van der Waals surface area contributed by atoms with Gasteiger partial charge in [-0.1, -0.05) is 12.1 Å². The van der Waals surface area contributed by atoms with Crippen LogP contribution in [-0.2, 0) is 20.0 Å². The van der Waals surface area contributed by atoms with Crippen molar-refractivity contribution in [3.05, 3.63) is 62.3 Å². The molecule has 0 bridgehead atoms. The Morgan fingerprint density at radius 3 is 2.57 bits per heavy atom. The molecule has 0 saturated carbocycles. The number of aromatic hydroxyl groups is 1. The van der Waals surface area contributed by atoms with E-state index in [9.17, 15) is 23.9 Å². The SMILES string of the molecule is Cc1ccc(CN2CCc3c(c(O)c(=O)n(C)c3C(=O)N(C)C)C2=O)cc1F. The summed E-state index contributed by atoms with van der Waals surface area (Å²) >= 11 is 0. The average molecular weight is 387 g/mol. The number of fused-ring (bicyclic) bond motifs is 1. The smallest absolute Gasteiger partial charge is 0.293 e. The van der Waals surface area contributed by atoms with Crippen LogP contribution in [0.2, 0.25) is 0 Å². The molecular weight excluding hydrogens is 365 g/mol. The van der Waals surface area contributed by atoms with Gasteiger partial charge in [-0.3, -0.25) is 14.4 Å². The highest BCUT2D eigenvalue weighted by molar-refractivity contribution is 6.03. The fraction of sp³-hybridized carbons (Fsp3) is 0.350. The molecule has 3 rings (SSSR count). The quantitative estimate of drug-likeness (QED) is 0.864. The Labute approximate surface area is 161 Å². The van der Waals surface area contributed by atoms with Crippen LogP contribution in [0, 0.1) is 12.7 Å². The zero-order chi connectivity index (χ0) is 20.7. The molecule has 1 aromatic carbocycles. The Morgan fingerprint density at radius 1 is 1.29 bits per heavy atom. The number of rotatable bonds is 3. The van der Waals surface area contributed by atoms with Crippen molar-refractivity contribution < 1.29 is 19.1 Å². The third kappa shape index (κ3) is 3.15. The number of benzene rings is 1. The monoisotopic (exact) mass is 387 g/mol. The molecule has 28 heavy (non-hydrogen) atoms. The van der Waals surface area contributed by atoms with Gasteiger partial charge in [0.2, 0.25) is 0 Å². The zero-order valence-corrected chi connectivity index (χ0v) is 16.2. The number of carbonyl (C=O) groups excluding carboxylic acids is 2. The van der Waals surface area contributed by atoms with Crippen molar-refractivity contribution in [2.24, 2.45) is 7.05 Å². The Bertz CT molecular complexity index is 1040. The summed E-state index contributed by atoms with van der Waals surface area (Å²) in [6.45, 7) is 2.08. The van der Waals surface area contributed by atoms with Gasteiger partial charge in [0.25, 0.3) is 17.4 Å². The molecule has 7 nitrogen and oxygen atoms in total. The van der Waals surface area contributed by atoms with E-state index in [0.29, 0.717) is 23.1 Å². The molecule has 1 aromatic heterocycles. The number of aromatic nitrogens is 1. The lowest BCUT2D eigenvalue weighted by molar-refractivity contribution is 0.0720. The van der Waals surface area contributed by atoms with Crippen LogP contribution in [-0.4, -0.2) is 51.9 Å². The van der Waals surface area contributed by atoms with Gasteiger partial charge in [0.05, 0.1) is 5.56 Å². The molecule has 0 radical (unpaired) electrons. The molecule has 8 heteroatoms. The number of carbonyl (C=O) groups is 2. The summed E-state index contributed by atoms with van der Waals surface area (Å²) in [4.78, 5) is 40.7. The lowest BCUT2D eigenvalue weighted by atomic mass is 9.95. The summed E-state index contributed by atoms with van der Waals surface area (Å²) in [6, 6.07) is 4.73. The molecule has 2 heterocycles. The molecular formula is C20H22FN3O4. The number of amides is 2. The zero-order valence-electron chi connectivity index (χ0n) is 16.2. The molecule has 0 aliphatic carbocycles. The second-order valence-electron chi connectivity index (χ2n) is 7.17. The molecule has 0 fully saturated rings. The second kappa shape index (κ2) is 7.10.